The average molecular weight is 704 g/mol. The first-order valence-corrected chi connectivity index (χ1v) is 15.1. The van der Waals surface area contributed by atoms with E-state index in [4.69, 9.17) is 4.74 Å². The highest BCUT2D eigenvalue weighted by Crippen LogP contribution is 2.54. The van der Waals surface area contributed by atoms with Gasteiger partial charge in [0.2, 0.25) is 16.3 Å². The third kappa shape index (κ3) is 3.81. The van der Waals surface area contributed by atoms with Gasteiger partial charge in [-0.05, 0) is 57.9 Å². The number of hydrogen-bond donors (Lipinski definition) is 5. The average Bonchev–Trinajstić information content (AvgIpc) is 3.68. The third-order valence-corrected chi connectivity index (χ3v) is 10.1. The third-order valence-electron chi connectivity index (χ3n) is 8.44. The van der Waals surface area contributed by atoms with E-state index in [1.807, 2.05) is 0 Å². The van der Waals surface area contributed by atoms with Crippen molar-refractivity contribution in [2.75, 3.05) is 7.11 Å². The lowest BCUT2D eigenvalue weighted by Gasteiger charge is -2.27. The molecule has 2 heterocycles. The Labute approximate surface area is 266 Å². The number of halogens is 1. The number of hydrogen-bond acceptors (Lipinski definition) is 12. The highest BCUT2D eigenvalue weighted by molar-refractivity contribution is 9.11. The van der Waals surface area contributed by atoms with Crippen molar-refractivity contribution in [3.8, 4) is 11.5 Å². The van der Waals surface area contributed by atoms with Crippen LogP contribution in [-0.4, -0.2) is 39.5 Å². The molecule has 1 aromatic carbocycles. The maximum absolute atomic E-state index is 13.6. The molecule has 0 bridgehead atoms. The molecule has 4 aliphatic carbocycles. The molecule has 5 N–H and O–H groups in total. The summed E-state index contributed by atoms with van der Waals surface area (Å²) in [5, 5.41) is 35.7. The lowest BCUT2D eigenvalue weighted by atomic mass is 9.78. The van der Waals surface area contributed by atoms with Crippen LogP contribution in [0, 0.1) is 10.4 Å². The Morgan fingerprint density at radius 1 is 1.00 bits per heavy atom. The van der Waals surface area contributed by atoms with E-state index < -0.39 is 82.5 Å². The molecule has 0 radical (unpaired) electrons. The van der Waals surface area contributed by atoms with Gasteiger partial charge >= 0.3 is 0 Å². The predicted molar refractivity (Wildman–Crippen MR) is 170 cm³/mol. The van der Waals surface area contributed by atoms with Crippen molar-refractivity contribution in [2.45, 2.75) is 18.3 Å². The summed E-state index contributed by atoms with van der Waals surface area (Å²) in [6.07, 6.45) is 1.21. The molecule has 230 valence electrons. The van der Waals surface area contributed by atoms with Crippen molar-refractivity contribution in [1.82, 2.24) is 10.4 Å². The van der Waals surface area contributed by atoms with Crippen LogP contribution in [0.3, 0.4) is 0 Å². The standard InChI is InChI=1S/C31H18BrN3O10S/c1-45-14-8-13(36)18-19(23(14)37)25(39)21-20(24(18)38)27(41)31(28(21)42)5-4-10-6-11-7-12(34-30(44)17(11)26(40)22(10)31)9-33-35-29(43)15-2-3-16(32)46-15/h2-3,6-9,40-42H,4-5H2,1H3,(H,34,44)(H,35,43). The van der Waals surface area contributed by atoms with Crippen LogP contribution < -0.4 is 47.9 Å². The molecule has 1 spiro atoms. The van der Waals surface area contributed by atoms with Crippen molar-refractivity contribution in [3.05, 3.63) is 128 Å². The largest absolute Gasteiger partial charge is 0.510 e. The number of nitrogens with one attached hydrogen (secondary N) is 2. The quantitative estimate of drug-likeness (QED) is 0.126. The number of amides is 1. The number of phenolic OH excluding ortho intramolecular Hbond substituents is 1. The molecule has 3 aromatic rings. The Morgan fingerprint density at radius 3 is 2.35 bits per heavy atom. The van der Waals surface area contributed by atoms with Gasteiger partial charge in [-0.15, -0.1) is 11.3 Å². The number of rotatable bonds is 4. The molecule has 7 rings (SSSR count). The van der Waals surface area contributed by atoms with Gasteiger partial charge in [0.05, 0.1) is 53.9 Å². The number of H-pyrrole nitrogens is 1. The number of phenols is 1. The van der Waals surface area contributed by atoms with Crippen LogP contribution in [0.2, 0.25) is 0 Å². The van der Waals surface area contributed by atoms with E-state index >= 15 is 0 Å². The summed E-state index contributed by atoms with van der Waals surface area (Å²) in [6, 6.07) is 7.14. The first-order valence-electron chi connectivity index (χ1n) is 13.5. The number of aromatic amines is 1. The lowest BCUT2D eigenvalue weighted by molar-refractivity contribution is 0.0959. The predicted octanol–water partition coefficient (Wildman–Crippen LogP) is 0.102. The van der Waals surface area contributed by atoms with Crippen molar-refractivity contribution < 1.29 is 24.9 Å². The van der Waals surface area contributed by atoms with Crippen LogP contribution in [0.25, 0.3) is 22.3 Å². The van der Waals surface area contributed by atoms with Crippen LogP contribution in [0.4, 0.5) is 0 Å². The number of thiophene rings is 1. The number of nitrogens with zero attached hydrogens (tertiary/aromatic N) is 1. The molecule has 0 saturated heterocycles. The summed E-state index contributed by atoms with van der Waals surface area (Å²) >= 11 is 4.48. The summed E-state index contributed by atoms with van der Waals surface area (Å²) in [6.45, 7) is 0. The molecular formula is C31H18BrN3O10S. The first-order chi connectivity index (χ1) is 21.9. The second-order valence-corrected chi connectivity index (χ2v) is 13.2. The number of aliphatic hydroxyl groups excluding tert-OH is 2. The second kappa shape index (κ2) is 10.1. The minimum Gasteiger partial charge on any atom is -0.510 e. The number of aliphatic hydroxyl groups is 2. The summed E-state index contributed by atoms with van der Waals surface area (Å²) in [5.41, 5.74) is -4.24. The zero-order valence-electron chi connectivity index (χ0n) is 23.3. The minimum atomic E-state index is -2.00. The van der Waals surface area contributed by atoms with Crippen LogP contribution in [0.1, 0.15) is 32.9 Å². The molecule has 0 saturated carbocycles. The van der Waals surface area contributed by atoms with E-state index in [1.54, 1.807) is 18.2 Å². The van der Waals surface area contributed by atoms with Gasteiger partial charge in [-0.1, -0.05) is 6.07 Å². The molecule has 15 heteroatoms. The fourth-order valence-electron chi connectivity index (χ4n) is 6.49. The number of aryl methyl sites for hydroxylation is 1. The van der Waals surface area contributed by atoms with Gasteiger partial charge in [0.15, 0.2) is 11.2 Å². The van der Waals surface area contributed by atoms with Crippen molar-refractivity contribution in [3.63, 3.8) is 0 Å². The SMILES string of the molecule is COc1cc(=O)c2c(=O)c3c(c(=O)c=2c1=O)=C(O)C1(CCc2cc4cc(C=NNC(=O)c5ccc(Br)s5)[nH]c(=O)c4c(O)c21)C=3O. The van der Waals surface area contributed by atoms with E-state index in [0.717, 1.165) is 17.0 Å². The van der Waals surface area contributed by atoms with Gasteiger partial charge in [-0.3, -0.25) is 28.8 Å². The molecule has 0 fully saturated rings. The Kier molecular flexibility index (Phi) is 6.40. The van der Waals surface area contributed by atoms with E-state index in [1.165, 1.54) is 23.6 Å². The Hall–Kier alpha value is -5.41. The van der Waals surface area contributed by atoms with E-state index in [2.05, 4.69) is 31.4 Å². The molecule has 1 atom stereocenters. The van der Waals surface area contributed by atoms with Crippen LogP contribution in [0.5, 0.6) is 11.5 Å². The lowest BCUT2D eigenvalue weighted by Crippen LogP contribution is -2.51. The Bertz CT molecular complexity index is 2740. The number of hydrazone groups is 1. The Balaban J connectivity index is 1.41. The van der Waals surface area contributed by atoms with Gasteiger partial charge in [-0.2, -0.15) is 5.10 Å². The van der Waals surface area contributed by atoms with Crippen LogP contribution in [-0.2, 0) is 11.8 Å². The zero-order chi connectivity index (χ0) is 32.8. The van der Waals surface area contributed by atoms with Crippen molar-refractivity contribution >= 4 is 61.7 Å². The van der Waals surface area contributed by atoms with E-state index in [-0.39, 0.29) is 34.9 Å². The molecule has 2 aromatic heterocycles. The van der Waals surface area contributed by atoms with E-state index in [9.17, 15) is 44.1 Å². The first kappa shape index (κ1) is 29.3. The topological polar surface area (TPSA) is 213 Å². The fourth-order valence-corrected chi connectivity index (χ4v) is 7.77. The van der Waals surface area contributed by atoms with Gasteiger partial charge in [0, 0.05) is 11.6 Å². The monoisotopic (exact) mass is 703 g/mol. The van der Waals surface area contributed by atoms with Crippen molar-refractivity contribution in [1.29, 1.82) is 0 Å². The van der Waals surface area contributed by atoms with Gasteiger partial charge < -0.3 is 25.0 Å². The van der Waals surface area contributed by atoms with Gasteiger partial charge in [0.1, 0.15) is 22.7 Å². The number of carbonyl (C=O) groups is 1. The summed E-state index contributed by atoms with van der Waals surface area (Å²) < 4.78 is 5.65. The number of aromatic nitrogens is 1. The van der Waals surface area contributed by atoms with Gasteiger partial charge in [-0.25, -0.2) is 5.43 Å². The highest BCUT2D eigenvalue weighted by Gasteiger charge is 2.53. The minimum absolute atomic E-state index is 0.0994. The molecule has 0 aliphatic heterocycles. The number of benzene rings is 1. The van der Waals surface area contributed by atoms with E-state index in [0.29, 0.717) is 10.4 Å². The number of ether oxygens (including phenoxy) is 1. The number of methoxy groups -OCH3 is 1. The maximum atomic E-state index is 13.6. The number of aromatic hydroxyl groups is 1. The number of pyridine rings is 1. The summed E-state index contributed by atoms with van der Waals surface area (Å²) in [7, 11) is 1.11. The highest BCUT2D eigenvalue weighted by atomic mass is 79.9. The van der Waals surface area contributed by atoms with Crippen molar-refractivity contribution in [2.24, 2.45) is 5.10 Å². The molecule has 1 amide bonds. The normalized spacial score (nSPS) is 17.0. The molecule has 13 nitrogen and oxygen atoms in total. The van der Waals surface area contributed by atoms with Crippen LogP contribution >= 0.6 is 27.3 Å². The second-order valence-electron chi connectivity index (χ2n) is 10.7. The maximum Gasteiger partial charge on any atom is 0.281 e. The zero-order valence-corrected chi connectivity index (χ0v) is 25.7. The number of carbonyl (C=O) groups excluding carboxylic acids is 1. The Morgan fingerprint density at radius 2 is 1.70 bits per heavy atom. The number of fused-ring (bicyclic) bond motifs is 4. The molecular weight excluding hydrogens is 686 g/mol. The fraction of sp³-hybridized carbons (Fsp3) is 0.129. The molecule has 46 heavy (non-hydrogen) atoms. The summed E-state index contributed by atoms with van der Waals surface area (Å²) in [5.74, 6) is -3.12. The van der Waals surface area contributed by atoms with Gasteiger partial charge in [0.25, 0.3) is 11.5 Å². The smallest absolute Gasteiger partial charge is 0.281 e. The van der Waals surface area contributed by atoms with Crippen LogP contribution in [0.15, 0.2) is 63.2 Å². The molecule has 1 unspecified atom stereocenters. The molecule has 4 aliphatic rings. The summed E-state index contributed by atoms with van der Waals surface area (Å²) in [4.78, 5) is 81.4.